The Morgan fingerprint density at radius 3 is 2.06 bits per heavy atom. The Labute approximate surface area is 185 Å². The van der Waals surface area contributed by atoms with Crippen molar-refractivity contribution in [3.8, 4) is 11.1 Å². The lowest BCUT2D eigenvalue weighted by molar-refractivity contribution is 0.565. The predicted octanol–water partition coefficient (Wildman–Crippen LogP) is 7.74. The SMILES string of the molecule is CCC1(C)c2cc(N)ccc2-c2ccc(N(c3ccccc3)c3cccc(C)c3)cc21. The molecule has 31 heavy (non-hydrogen) atoms. The second-order valence-corrected chi connectivity index (χ2v) is 8.73. The van der Waals surface area contributed by atoms with Crippen LogP contribution in [0.4, 0.5) is 22.7 Å². The monoisotopic (exact) mass is 404 g/mol. The van der Waals surface area contributed by atoms with Crippen LogP contribution in [0, 0.1) is 6.92 Å². The highest BCUT2D eigenvalue weighted by Crippen LogP contribution is 2.52. The van der Waals surface area contributed by atoms with Gasteiger partial charge in [-0.2, -0.15) is 0 Å². The third-order valence-corrected chi connectivity index (χ3v) is 6.77. The van der Waals surface area contributed by atoms with E-state index in [1.165, 1.54) is 39.2 Å². The molecule has 1 aliphatic rings. The minimum atomic E-state index is -0.0506. The largest absolute Gasteiger partial charge is 0.399 e. The fraction of sp³-hybridized carbons (Fsp3) is 0.172. The van der Waals surface area contributed by atoms with E-state index in [4.69, 9.17) is 5.73 Å². The van der Waals surface area contributed by atoms with Crippen LogP contribution in [0.1, 0.15) is 37.0 Å². The van der Waals surface area contributed by atoms with E-state index >= 15 is 0 Å². The molecule has 4 aromatic carbocycles. The lowest BCUT2D eigenvalue weighted by Crippen LogP contribution is -2.20. The number of anilines is 4. The van der Waals surface area contributed by atoms with Gasteiger partial charge in [-0.3, -0.25) is 0 Å². The topological polar surface area (TPSA) is 29.3 Å². The number of nitrogens with two attached hydrogens (primary N) is 1. The number of fused-ring (bicyclic) bond motifs is 3. The van der Waals surface area contributed by atoms with Gasteiger partial charge in [0.05, 0.1) is 0 Å². The van der Waals surface area contributed by atoms with Crippen LogP contribution in [0.2, 0.25) is 0 Å². The van der Waals surface area contributed by atoms with Gasteiger partial charge in [-0.25, -0.2) is 0 Å². The Balaban J connectivity index is 1.72. The van der Waals surface area contributed by atoms with Gasteiger partial charge in [0.25, 0.3) is 0 Å². The first kappa shape index (κ1) is 19.4. The number of benzene rings is 4. The van der Waals surface area contributed by atoms with Gasteiger partial charge in [0.1, 0.15) is 0 Å². The zero-order valence-electron chi connectivity index (χ0n) is 18.4. The molecular weight excluding hydrogens is 376 g/mol. The van der Waals surface area contributed by atoms with E-state index in [-0.39, 0.29) is 5.41 Å². The molecular formula is C29H28N2. The van der Waals surface area contributed by atoms with Gasteiger partial charge in [-0.15, -0.1) is 0 Å². The van der Waals surface area contributed by atoms with Crippen LogP contribution in [0.15, 0.2) is 91.0 Å². The second kappa shape index (κ2) is 7.31. The first-order valence-electron chi connectivity index (χ1n) is 11.0. The average molecular weight is 405 g/mol. The van der Waals surface area contributed by atoms with E-state index in [1.54, 1.807) is 0 Å². The lowest BCUT2D eigenvalue weighted by Gasteiger charge is -2.29. The predicted molar refractivity (Wildman–Crippen MR) is 132 cm³/mol. The molecule has 0 spiro atoms. The molecule has 0 heterocycles. The first-order chi connectivity index (χ1) is 15.0. The van der Waals surface area contributed by atoms with Crippen molar-refractivity contribution in [2.24, 2.45) is 0 Å². The first-order valence-corrected chi connectivity index (χ1v) is 11.0. The van der Waals surface area contributed by atoms with Crippen molar-refractivity contribution >= 4 is 22.7 Å². The minimum Gasteiger partial charge on any atom is -0.399 e. The summed E-state index contributed by atoms with van der Waals surface area (Å²) in [4.78, 5) is 2.35. The molecule has 154 valence electrons. The van der Waals surface area contributed by atoms with Crippen molar-refractivity contribution in [1.29, 1.82) is 0 Å². The van der Waals surface area contributed by atoms with Crippen molar-refractivity contribution in [3.63, 3.8) is 0 Å². The Hall–Kier alpha value is -3.52. The summed E-state index contributed by atoms with van der Waals surface area (Å²) in [5, 5.41) is 0. The highest BCUT2D eigenvalue weighted by atomic mass is 15.1. The van der Waals surface area contributed by atoms with Crippen LogP contribution < -0.4 is 10.6 Å². The molecule has 1 unspecified atom stereocenters. The van der Waals surface area contributed by atoms with Crippen molar-refractivity contribution in [2.75, 3.05) is 10.6 Å². The second-order valence-electron chi connectivity index (χ2n) is 8.73. The fourth-order valence-electron chi connectivity index (χ4n) is 4.93. The summed E-state index contributed by atoms with van der Waals surface area (Å²) >= 11 is 0. The molecule has 2 N–H and O–H groups in total. The zero-order chi connectivity index (χ0) is 21.6. The number of aryl methyl sites for hydroxylation is 1. The van der Waals surface area contributed by atoms with E-state index in [2.05, 4.69) is 111 Å². The molecule has 4 aromatic rings. The van der Waals surface area contributed by atoms with E-state index in [9.17, 15) is 0 Å². The van der Waals surface area contributed by atoms with Crippen molar-refractivity contribution in [2.45, 2.75) is 32.6 Å². The standard InChI is InChI=1S/C29H28N2/c1-4-29(3)27-18-21(30)13-15-25(27)26-16-14-24(19-28(26)29)31(22-10-6-5-7-11-22)23-12-8-9-20(2)17-23/h5-19H,4,30H2,1-3H3. The zero-order valence-corrected chi connectivity index (χ0v) is 18.4. The highest BCUT2D eigenvalue weighted by Gasteiger charge is 2.38. The molecule has 0 radical (unpaired) electrons. The van der Waals surface area contributed by atoms with Gasteiger partial charge in [0.15, 0.2) is 0 Å². The van der Waals surface area contributed by atoms with E-state index < -0.39 is 0 Å². The van der Waals surface area contributed by atoms with Gasteiger partial charge >= 0.3 is 0 Å². The molecule has 2 nitrogen and oxygen atoms in total. The van der Waals surface area contributed by atoms with E-state index in [0.717, 1.165) is 17.8 Å². The molecule has 0 amide bonds. The van der Waals surface area contributed by atoms with Gasteiger partial charge in [0, 0.05) is 28.2 Å². The van der Waals surface area contributed by atoms with Crippen LogP contribution in [-0.2, 0) is 5.41 Å². The summed E-state index contributed by atoms with van der Waals surface area (Å²) in [5.74, 6) is 0. The summed E-state index contributed by atoms with van der Waals surface area (Å²) < 4.78 is 0. The number of nitrogens with zero attached hydrogens (tertiary/aromatic N) is 1. The number of nitrogen functional groups attached to an aromatic ring is 1. The van der Waals surface area contributed by atoms with Crippen molar-refractivity contribution in [3.05, 3.63) is 108 Å². The lowest BCUT2D eigenvalue weighted by atomic mass is 9.77. The quantitative estimate of drug-likeness (QED) is 0.352. The van der Waals surface area contributed by atoms with Gasteiger partial charge in [0.2, 0.25) is 0 Å². The fourth-order valence-corrected chi connectivity index (χ4v) is 4.93. The molecule has 0 fully saturated rings. The third-order valence-electron chi connectivity index (χ3n) is 6.77. The van der Waals surface area contributed by atoms with E-state index in [1.807, 2.05) is 6.07 Å². The minimum absolute atomic E-state index is 0.0506. The maximum absolute atomic E-state index is 6.18. The van der Waals surface area contributed by atoms with Crippen LogP contribution in [0.25, 0.3) is 11.1 Å². The smallest absolute Gasteiger partial charge is 0.0465 e. The molecule has 5 rings (SSSR count). The summed E-state index contributed by atoms with van der Waals surface area (Å²) in [6, 6.07) is 32.6. The molecule has 1 atom stereocenters. The van der Waals surface area contributed by atoms with Crippen LogP contribution in [0.3, 0.4) is 0 Å². The molecule has 0 saturated heterocycles. The van der Waals surface area contributed by atoms with Crippen LogP contribution >= 0.6 is 0 Å². The van der Waals surface area contributed by atoms with Gasteiger partial charge in [-0.1, -0.05) is 56.3 Å². The number of rotatable bonds is 4. The average Bonchev–Trinajstić information content (AvgIpc) is 3.03. The van der Waals surface area contributed by atoms with Crippen molar-refractivity contribution in [1.82, 2.24) is 0 Å². The number of para-hydroxylation sites is 1. The normalized spacial score (nSPS) is 16.6. The Morgan fingerprint density at radius 1 is 0.710 bits per heavy atom. The molecule has 0 bridgehead atoms. The van der Waals surface area contributed by atoms with Crippen LogP contribution in [0.5, 0.6) is 0 Å². The molecule has 1 aliphatic carbocycles. The third kappa shape index (κ3) is 3.11. The van der Waals surface area contributed by atoms with Gasteiger partial charge < -0.3 is 10.6 Å². The van der Waals surface area contributed by atoms with E-state index in [0.29, 0.717) is 0 Å². The number of hydrogen-bond donors (Lipinski definition) is 1. The summed E-state index contributed by atoms with van der Waals surface area (Å²) in [5.41, 5.74) is 17.1. The maximum Gasteiger partial charge on any atom is 0.0465 e. The van der Waals surface area contributed by atoms with Gasteiger partial charge in [-0.05, 0) is 89.7 Å². The van der Waals surface area contributed by atoms with Crippen molar-refractivity contribution < 1.29 is 0 Å². The summed E-state index contributed by atoms with van der Waals surface area (Å²) in [6.45, 7) is 6.76. The highest BCUT2D eigenvalue weighted by molar-refractivity contribution is 5.86. The summed E-state index contributed by atoms with van der Waals surface area (Å²) in [7, 11) is 0. The van der Waals surface area contributed by atoms with Crippen LogP contribution in [-0.4, -0.2) is 0 Å². The molecule has 0 aliphatic heterocycles. The maximum atomic E-state index is 6.18. The molecule has 0 saturated carbocycles. The Kier molecular flexibility index (Phi) is 4.59. The molecule has 0 aromatic heterocycles. The Bertz CT molecular complexity index is 1260. The Morgan fingerprint density at radius 2 is 1.35 bits per heavy atom. The number of hydrogen-bond acceptors (Lipinski definition) is 2. The summed E-state index contributed by atoms with van der Waals surface area (Å²) in [6.07, 6.45) is 1.02. The molecule has 2 heteroatoms.